The first-order valence-electron chi connectivity index (χ1n) is 32.6. The van der Waals surface area contributed by atoms with Crippen molar-refractivity contribution in [2.45, 2.75) is 341 Å². The standard InChI is InChI=1S/C65H127N2O7P/c1-7-10-13-16-19-22-25-28-30-31-32-33-34-35-36-37-38-39-42-45-48-51-54-57-64(68)66-62(61-73-75(70,71)72-60-59-67(4,5)6)63(56-53-50-47-44-41-27-24-21-18-15-12-9-3)74-65(69)58-55-52-49-46-43-40-29-26-23-20-17-14-11-8-2/h40,43,53,56,62-63H,7-39,41-42,44-52,54-55,57-61H2,1-6H3,(H-,66,68,70,71)/b43-40-,56-53-. The van der Waals surface area contributed by atoms with E-state index in [-0.39, 0.29) is 31.5 Å². The molecule has 0 saturated heterocycles. The lowest BCUT2D eigenvalue weighted by Crippen LogP contribution is -2.47. The SMILES string of the molecule is CCCCCCCCC/C=C\CCCCCC(=O)OC(/C=C\CCCCCCCCCCCC)C(COP(=O)([O-])OCC[N+](C)(C)C)NC(=O)CCCCCCCCCCCCCCCCCCCCCCCCC. The van der Waals surface area contributed by atoms with Gasteiger partial charge in [-0.2, -0.15) is 0 Å². The minimum absolute atomic E-state index is 0.0208. The van der Waals surface area contributed by atoms with Crippen LogP contribution in [0.1, 0.15) is 329 Å². The summed E-state index contributed by atoms with van der Waals surface area (Å²) in [5.74, 6) is -0.542. The van der Waals surface area contributed by atoms with Gasteiger partial charge in [-0.1, -0.05) is 283 Å². The van der Waals surface area contributed by atoms with E-state index < -0.39 is 20.0 Å². The number of amides is 1. The molecule has 0 saturated carbocycles. The maximum absolute atomic E-state index is 13.5. The highest BCUT2D eigenvalue weighted by Crippen LogP contribution is 2.38. The number of unbranched alkanes of at least 4 members (excludes halogenated alkanes) is 42. The van der Waals surface area contributed by atoms with Crippen LogP contribution < -0.4 is 10.2 Å². The van der Waals surface area contributed by atoms with Crippen LogP contribution in [0.5, 0.6) is 0 Å². The van der Waals surface area contributed by atoms with E-state index in [1.165, 1.54) is 225 Å². The maximum atomic E-state index is 13.5. The molecule has 1 amide bonds. The van der Waals surface area contributed by atoms with Crippen LogP contribution in [0.4, 0.5) is 0 Å². The van der Waals surface area contributed by atoms with Crippen molar-refractivity contribution in [3.63, 3.8) is 0 Å². The summed E-state index contributed by atoms with van der Waals surface area (Å²) in [4.78, 5) is 40.0. The van der Waals surface area contributed by atoms with Crippen molar-refractivity contribution < 1.29 is 37.3 Å². The number of quaternary nitrogens is 1. The van der Waals surface area contributed by atoms with Crippen molar-refractivity contribution >= 4 is 19.7 Å². The van der Waals surface area contributed by atoms with Crippen LogP contribution >= 0.6 is 7.82 Å². The van der Waals surface area contributed by atoms with E-state index in [0.29, 0.717) is 23.9 Å². The fraction of sp³-hybridized carbons (Fsp3) is 0.908. The van der Waals surface area contributed by atoms with E-state index in [1.54, 1.807) is 0 Å². The number of nitrogens with one attached hydrogen (secondary N) is 1. The zero-order chi connectivity index (χ0) is 55.0. The first-order chi connectivity index (χ1) is 36.4. The third-order valence-corrected chi connectivity index (χ3v) is 15.8. The van der Waals surface area contributed by atoms with Crippen LogP contribution in [0.3, 0.4) is 0 Å². The lowest BCUT2D eigenvalue weighted by molar-refractivity contribution is -0.870. The van der Waals surface area contributed by atoms with Gasteiger partial charge in [0, 0.05) is 12.8 Å². The number of rotatable bonds is 60. The quantitative estimate of drug-likeness (QED) is 0.0212. The predicted molar refractivity (Wildman–Crippen MR) is 321 cm³/mol. The topological polar surface area (TPSA) is 114 Å². The van der Waals surface area contributed by atoms with Crippen LogP contribution in [0.25, 0.3) is 0 Å². The molecule has 0 heterocycles. The summed E-state index contributed by atoms with van der Waals surface area (Å²) >= 11 is 0. The van der Waals surface area contributed by atoms with Crippen molar-refractivity contribution in [2.75, 3.05) is 40.9 Å². The average Bonchev–Trinajstić information content (AvgIpc) is 3.37. The summed E-state index contributed by atoms with van der Waals surface area (Å²) in [6.07, 6.45) is 65.8. The second-order valence-electron chi connectivity index (χ2n) is 23.6. The van der Waals surface area contributed by atoms with Crippen molar-refractivity contribution in [1.29, 1.82) is 0 Å². The molecule has 9 nitrogen and oxygen atoms in total. The molecular weight excluding hydrogens is 952 g/mol. The number of esters is 1. The van der Waals surface area contributed by atoms with Crippen LogP contribution in [-0.2, 0) is 27.9 Å². The number of carbonyl (C=O) groups is 2. The summed E-state index contributed by atoms with van der Waals surface area (Å²) in [5.41, 5.74) is 0. The van der Waals surface area contributed by atoms with Crippen LogP contribution in [0.15, 0.2) is 24.3 Å². The Morgan fingerprint density at radius 1 is 0.453 bits per heavy atom. The summed E-state index contributed by atoms with van der Waals surface area (Å²) in [7, 11) is 1.19. The van der Waals surface area contributed by atoms with E-state index in [4.69, 9.17) is 13.8 Å². The summed E-state index contributed by atoms with van der Waals surface area (Å²) in [6, 6.07) is -0.888. The smallest absolute Gasteiger partial charge is 0.306 e. The number of hydrogen-bond acceptors (Lipinski definition) is 7. The van der Waals surface area contributed by atoms with Gasteiger partial charge in [-0.25, -0.2) is 0 Å². The van der Waals surface area contributed by atoms with Gasteiger partial charge in [-0.05, 0) is 57.4 Å². The third-order valence-electron chi connectivity index (χ3n) is 14.9. The molecule has 0 bridgehead atoms. The molecule has 75 heavy (non-hydrogen) atoms. The number of ether oxygens (including phenoxy) is 1. The molecule has 10 heteroatoms. The first kappa shape index (κ1) is 73.5. The van der Waals surface area contributed by atoms with E-state index in [9.17, 15) is 19.0 Å². The fourth-order valence-electron chi connectivity index (χ4n) is 9.81. The molecule has 0 aliphatic carbocycles. The van der Waals surface area contributed by atoms with Crippen molar-refractivity contribution in [3.8, 4) is 0 Å². The second kappa shape index (κ2) is 55.8. The Morgan fingerprint density at radius 3 is 1.15 bits per heavy atom. The van der Waals surface area contributed by atoms with Crippen molar-refractivity contribution in [1.82, 2.24) is 5.32 Å². The van der Waals surface area contributed by atoms with E-state index in [2.05, 4.69) is 38.2 Å². The van der Waals surface area contributed by atoms with Gasteiger partial charge in [0.1, 0.15) is 19.3 Å². The number of likely N-dealkylation sites (N-methyl/N-ethyl adjacent to an activating group) is 1. The number of carbonyl (C=O) groups excluding carboxylic acids is 2. The Hall–Kier alpha value is -1.51. The molecule has 0 fully saturated rings. The average molecular weight is 1080 g/mol. The Kier molecular flexibility index (Phi) is 54.7. The zero-order valence-electron chi connectivity index (χ0n) is 50.8. The molecule has 444 valence electrons. The molecule has 3 atom stereocenters. The second-order valence-corrected chi connectivity index (χ2v) is 25.0. The molecule has 0 rings (SSSR count). The monoisotopic (exact) mass is 1080 g/mol. The summed E-state index contributed by atoms with van der Waals surface area (Å²) < 4.78 is 30.3. The molecule has 1 N–H and O–H groups in total. The molecule has 0 aromatic rings. The Morgan fingerprint density at radius 2 is 0.773 bits per heavy atom. The predicted octanol–water partition coefficient (Wildman–Crippen LogP) is 19.5. The number of nitrogens with zero attached hydrogens (tertiary/aromatic N) is 1. The van der Waals surface area contributed by atoms with Crippen LogP contribution in [0.2, 0.25) is 0 Å². The number of hydrogen-bond donors (Lipinski definition) is 1. The minimum atomic E-state index is -4.70. The Labute approximate surface area is 466 Å². The molecule has 0 aliphatic rings. The number of phosphoric ester groups is 1. The Balaban J connectivity index is 5.10. The third kappa shape index (κ3) is 57.0. The Bertz CT molecular complexity index is 1340. The highest BCUT2D eigenvalue weighted by atomic mass is 31.2. The van der Waals surface area contributed by atoms with Crippen LogP contribution in [-0.4, -0.2) is 69.4 Å². The molecule has 0 aromatic heterocycles. The van der Waals surface area contributed by atoms with Gasteiger partial charge >= 0.3 is 5.97 Å². The largest absolute Gasteiger partial charge is 0.756 e. The van der Waals surface area contributed by atoms with Gasteiger partial charge in [0.15, 0.2) is 0 Å². The minimum Gasteiger partial charge on any atom is -0.756 e. The van der Waals surface area contributed by atoms with Crippen LogP contribution in [0, 0.1) is 0 Å². The summed E-state index contributed by atoms with van der Waals surface area (Å²) in [5, 5.41) is 3.04. The molecule has 0 spiro atoms. The van der Waals surface area contributed by atoms with Gasteiger partial charge in [0.2, 0.25) is 5.91 Å². The zero-order valence-corrected chi connectivity index (χ0v) is 51.7. The summed E-state index contributed by atoms with van der Waals surface area (Å²) in [6.45, 7) is 6.88. The highest BCUT2D eigenvalue weighted by Gasteiger charge is 2.27. The molecule has 3 unspecified atom stereocenters. The van der Waals surface area contributed by atoms with Crippen molar-refractivity contribution in [2.24, 2.45) is 0 Å². The van der Waals surface area contributed by atoms with Gasteiger partial charge in [-0.3, -0.25) is 14.2 Å². The lowest BCUT2D eigenvalue weighted by Gasteiger charge is -2.30. The first-order valence-corrected chi connectivity index (χ1v) is 34.1. The van der Waals surface area contributed by atoms with Crippen molar-refractivity contribution in [3.05, 3.63) is 24.3 Å². The highest BCUT2D eigenvalue weighted by molar-refractivity contribution is 7.45. The van der Waals surface area contributed by atoms with Gasteiger partial charge < -0.3 is 28.5 Å². The molecular formula is C65H127N2O7P. The number of phosphoric acid groups is 1. The van der Waals surface area contributed by atoms with Gasteiger partial charge in [0.05, 0.1) is 33.8 Å². The van der Waals surface area contributed by atoms with E-state index in [0.717, 1.165) is 64.2 Å². The normalized spacial score (nSPS) is 13.7. The number of allylic oxidation sites excluding steroid dienone is 3. The molecule has 0 aromatic carbocycles. The lowest BCUT2D eigenvalue weighted by atomic mass is 10.0. The van der Waals surface area contributed by atoms with E-state index >= 15 is 0 Å². The molecule has 0 radical (unpaired) electrons. The van der Waals surface area contributed by atoms with Gasteiger partial charge in [0.25, 0.3) is 7.82 Å². The van der Waals surface area contributed by atoms with E-state index in [1.807, 2.05) is 33.3 Å². The fourth-order valence-corrected chi connectivity index (χ4v) is 10.5. The van der Waals surface area contributed by atoms with Gasteiger partial charge in [-0.15, -0.1) is 0 Å². The molecule has 0 aliphatic heterocycles. The maximum Gasteiger partial charge on any atom is 0.306 e.